The monoisotopic (exact) mass is 438 g/mol. The van der Waals surface area contributed by atoms with Gasteiger partial charge in [0.1, 0.15) is 5.83 Å². The number of hydrogen-bond donors (Lipinski definition) is 0. The van der Waals surface area contributed by atoms with Gasteiger partial charge in [0.05, 0.1) is 5.92 Å². The van der Waals surface area contributed by atoms with E-state index in [4.69, 9.17) is 0 Å². The van der Waals surface area contributed by atoms with Crippen LogP contribution in [0.3, 0.4) is 0 Å². The summed E-state index contributed by atoms with van der Waals surface area (Å²) in [5, 5.41) is 0. The molecule has 3 atom stereocenters. The van der Waals surface area contributed by atoms with E-state index in [1.807, 2.05) is 36.4 Å². The van der Waals surface area contributed by atoms with Gasteiger partial charge < -0.3 is 0 Å². The Bertz CT molecular complexity index is 1050. The molecule has 0 bridgehead atoms. The smallest absolute Gasteiger partial charge is 0.108 e. The van der Waals surface area contributed by atoms with Crippen LogP contribution in [0.4, 0.5) is 4.39 Å². The fourth-order valence-corrected chi connectivity index (χ4v) is 5.24. The summed E-state index contributed by atoms with van der Waals surface area (Å²) in [5.74, 6) is -0.118. The van der Waals surface area contributed by atoms with E-state index in [1.165, 1.54) is 22.3 Å². The first-order valence-corrected chi connectivity index (χ1v) is 12.3. The van der Waals surface area contributed by atoms with Crippen molar-refractivity contribution in [3.8, 4) is 0 Å². The maximum atomic E-state index is 15.8. The normalized spacial score (nSPS) is 22.0. The molecule has 0 saturated carbocycles. The Kier molecular flexibility index (Phi) is 6.98. The molecule has 0 amide bonds. The minimum atomic E-state index is -0.448. The topological polar surface area (TPSA) is 0 Å². The summed E-state index contributed by atoms with van der Waals surface area (Å²) < 4.78 is 15.8. The molecular formula is C32H35F. The second kappa shape index (κ2) is 9.91. The highest BCUT2D eigenvalue weighted by molar-refractivity contribution is 5.43. The van der Waals surface area contributed by atoms with Crippen molar-refractivity contribution in [2.45, 2.75) is 58.3 Å². The summed E-state index contributed by atoms with van der Waals surface area (Å²) in [6, 6.07) is 27.7. The van der Waals surface area contributed by atoms with E-state index >= 15 is 4.39 Å². The number of rotatable bonds is 7. The lowest BCUT2D eigenvalue weighted by Gasteiger charge is -2.43. The third-order valence-electron chi connectivity index (χ3n) is 7.70. The summed E-state index contributed by atoms with van der Waals surface area (Å²) in [7, 11) is 0. The fourth-order valence-electron chi connectivity index (χ4n) is 5.24. The number of aryl methyl sites for hydroxylation is 2. The molecule has 0 aliphatic heterocycles. The van der Waals surface area contributed by atoms with E-state index in [9.17, 15) is 0 Å². The molecule has 0 spiro atoms. The summed E-state index contributed by atoms with van der Waals surface area (Å²) in [5.41, 5.74) is 5.70. The van der Waals surface area contributed by atoms with Gasteiger partial charge in [0, 0.05) is 5.41 Å². The molecule has 3 unspecified atom stereocenters. The van der Waals surface area contributed by atoms with Gasteiger partial charge in [-0.3, -0.25) is 0 Å². The van der Waals surface area contributed by atoms with Crippen molar-refractivity contribution in [2.24, 2.45) is 5.41 Å². The molecule has 4 rings (SSSR count). The Morgan fingerprint density at radius 3 is 1.64 bits per heavy atom. The molecule has 0 N–H and O–H groups in total. The zero-order valence-electron chi connectivity index (χ0n) is 20.3. The van der Waals surface area contributed by atoms with Crippen LogP contribution in [-0.2, 0) is 12.8 Å². The average molecular weight is 439 g/mol. The largest absolute Gasteiger partial charge is 0.211 e. The van der Waals surface area contributed by atoms with Gasteiger partial charge in [0.15, 0.2) is 0 Å². The van der Waals surface area contributed by atoms with Crippen molar-refractivity contribution in [1.29, 1.82) is 0 Å². The highest BCUT2D eigenvalue weighted by Gasteiger charge is 2.42. The summed E-state index contributed by atoms with van der Waals surface area (Å²) in [4.78, 5) is 0. The Labute approximate surface area is 198 Å². The lowest BCUT2D eigenvalue weighted by molar-refractivity contribution is 0.325. The van der Waals surface area contributed by atoms with Gasteiger partial charge in [-0.05, 0) is 58.6 Å². The molecule has 3 aromatic rings. The molecule has 0 fully saturated rings. The van der Waals surface area contributed by atoms with Crippen molar-refractivity contribution in [3.05, 3.63) is 131 Å². The molecule has 1 heteroatoms. The van der Waals surface area contributed by atoms with Gasteiger partial charge in [0.2, 0.25) is 0 Å². The zero-order valence-corrected chi connectivity index (χ0v) is 20.3. The fraction of sp³-hybridized carbons (Fsp3) is 0.312. The molecule has 1 aliphatic carbocycles. The van der Waals surface area contributed by atoms with E-state index in [1.54, 1.807) is 0 Å². The highest BCUT2D eigenvalue weighted by Crippen LogP contribution is 2.53. The summed E-state index contributed by atoms with van der Waals surface area (Å²) in [6.45, 7) is 8.84. The van der Waals surface area contributed by atoms with Gasteiger partial charge in [-0.15, -0.1) is 0 Å². The third kappa shape index (κ3) is 4.60. The van der Waals surface area contributed by atoms with Crippen LogP contribution in [0.1, 0.15) is 73.3 Å². The molecule has 33 heavy (non-hydrogen) atoms. The van der Waals surface area contributed by atoms with Gasteiger partial charge in [-0.25, -0.2) is 4.39 Å². The number of benzene rings is 3. The van der Waals surface area contributed by atoms with Gasteiger partial charge in [-0.1, -0.05) is 119 Å². The van der Waals surface area contributed by atoms with E-state index in [0.717, 1.165) is 18.4 Å². The van der Waals surface area contributed by atoms with Crippen LogP contribution in [0.2, 0.25) is 0 Å². The lowest BCUT2D eigenvalue weighted by Crippen LogP contribution is -2.32. The second-order valence-corrected chi connectivity index (χ2v) is 9.41. The van der Waals surface area contributed by atoms with E-state index in [-0.39, 0.29) is 23.6 Å². The van der Waals surface area contributed by atoms with Crippen LogP contribution in [0.5, 0.6) is 0 Å². The lowest BCUT2D eigenvalue weighted by atomic mass is 9.61. The minimum Gasteiger partial charge on any atom is -0.211 e. The number of allylic oxidation sites excluding steroid dienone is 4. The van der Waals surface area contributed by atoms with E-state index in [0.29, 0.717) is 0 Å². The minimum absolute atomic E-state index is 0.0576. The van der Waals surface area contributed by atoms with Crippen molar-refractivity contribution >= 4 is 0 Å². The molecule has 1 aliphatic rings. The van der Waals surface area contributed by atoms with Crippen LogP contribution in [-0.4, -0.2) is 0 Å². The van der Waals surface area contributed by atoms with Crippen LogP contribution in [0.25, 0.3) is 0 Å². The van der Waals surface area contributed by atoms with Gasteiger partial charge in [-0.2, -0.15) is 0 Å². The number of halogens is 1. The Morgan fingerprint density at radius 1 is 0.727 bits per heavy atom. The standard InChI is InChI=1S/C32H35F/c1-5-25-12-16-27(17-13-25)23(3)32(24(4)28-18-14-26(6-2)15-19-28)21-20-30(31(33)22-32)29-10-8-7-9-11-29/h7-24,30H,5-6H2,1-4H3. The van der Waals surface area contributed by atoms with Crippen LogP contribution in [0.15, 0.2) is 103 Å². The predicted molar refractivity (Wildman–Crippen MR) is 138 cm³/mol. The molecule has 0 aromatic heterocycles. The second-order valence-electron chi connectivity index (χ2n) is 9.41. The third-order valence-corrected chi connectivity index (χ3v) is 7.70. The van der Waals surface area contributed by atoms with Crippen LogP contribution >= 0.6 is 0 Å². The molecule has 3 aromatic carbocycles. The SMILES string of the molecule is CCc1ccc(C(C)C2(C(C)c3ccc(CC)cc3)C=CC(c3ccccc3)C(F)=C2)cc1. The first-order chi connectivity index (χ1) is 16.0. The maximum absolute atomic E-state index is 15.8. The van der Waals surface area contributed by atoms with Crippen molar-refractivity contribution in [3.63, 3.8) is 0 Å². The predicted octanol–water partition coefficient (Wildman–Crippen LogP) is 8.91. The Morgan fingerprint density at radius 2 is 1.21 bits per heavy atom. The molecular weight excluding hydrogens is 403 g/mol. The maximum Gasteiger partial charge on any atom is 0.108 e. The average Bonchev–Trinajstić information content (AvgIpc) is 2.88. The van der Waals surface area contributed by atoms with Crippen molar-refractivity contribution in [2.75, 3.05) is 0 Å². The molecule has 0 saturated heterocycles. The Hall–Kier alpha value is -2.93. The first kappa shape index (κ1) is 23.2. The highest BCUT2D eigenvalue weighted by atomic mass is 19.1. The summed E-state index contributed by atoms with van der Waals surface area (Å²) in [6.07, 6.45) is 8.32. The molecule has 0 heterocycles. The van der Waals surface area contributed by atoms with Gasteiger partial charge in [0.25, 0.3) is 0 Å². The van der Waals surface area contributed by atoms with Crippen LogP contribution < -0.4 is 0 Å². The quantitative estimate of drug-likeness (QED) is 0.323. The van der Waals surface area contributed by atoms with Crippen molar-refractivity contribution < 1.29 is 4.39 Å². The molecule has 0 nitrogen and oxygen atoms in total. The number of hydrogen-bond acceptors (Lipinski definition) is 0. The summed E-state index contributed by atoms with van der Waals surface area (Å²) >= 11 is 0. The van der Waals surface area contributed by atoms with Crippen LogP contribution in [0, 0.1) is 5.41 Å². The van der Waals surface area contributed by atoms with E-state index in [2.05, 4.69) is 88.4 Å². The van der Waals surface area contributed by atoms with E-state index < -0.39 is 5.41 Å². The zero-order chi connectivity index (χ0) is 23.4. The molecule has 170 valence electrons. The van der Waals surface area contributed by atoms with Gasteiger partial charge >= 0.3 is 0 Å². The van der Waals surface area contributed by atoms with Crippen molar-refractivity contribution in [1.82, 2.24) is 0 Å². The Balaban J connectivity index is 1.78. The molecule has 0 radical (unpaired) electrons. The first-order valence-electron chi connectivity index (χ1n) is 12.3.